The molecule has 0 spiro atoms. The average molecular weight is 206 g/mol. The molecule has 2 rings (SSSR count). The maximum atomic E-state index is 12.0. The minimum absolute atomic E-state index is 0.0592. The van der Waals surface area contributed by atoms with E-state index in [2.05, 4.69) is 9.97 Å². The van der Waals surface area contributed by atoms with Gasteiger partial charge >= 0.3 is 0 Å². The molecule has 1 aromatic rings. The van der Waals surface area contributed by atoms with E-state index < -0.39 is 0 Å². The number of hydrogen-bond acceptors (Lipinski definition) is 4. The SMILES string of the molecule is NCC1CCCN1C(=O)c1cnccn1. The molecule has 1 atom stereocenters. The Labute approximate surface area is 88.3 Å². The molecule has 0 aliphatic carbocycles. The minimum atomic E-state index is -0.0592. The number of nitrogens with two attached hydrogens (primary N) is 1. The number of aromatic nitrogens is 2. The summed E-state index contributed by atoms with van der Waals surface area (Å²) in [7, 11) is 0. The molecule has 2 heterocycles. The third-order valence-corrected chi connectivity index (χ3v) is 2.69. The molecular formula is C10H14N4O. The highest BCUT2D eigenvalue weighted by molar-refractivity contribution is 5.92. The van der Waals surface area contributed by atoms with Crippen LogP contribution in [0.3, 0.4) is 0 Å². The second kappa shape index (κ2) is 4.35. The predicted octanol–water partition coefficient (Wildman–Crippen LogP) is 0.0399. The van der Waals surface area contributed by atoms with Crippen molar-refractivity contribution >= 4 is 5.91 Å². The quantitative estimate of drug-likeness (QED) is 0.741. The Kier molecular flexibility index (Phi) is 2.91. The molecule has 1 amide bonds. The molecule has 5 nitrogen and oxygen atoms in total. The van der Waals surface area contributed by atoms with Gasteiger partial charge in [-0.3, -0.25) is 9.78 Å². The van der Waals surface area contributed by atoms with Gasteiger partial charge in [0.25, 0.3) is 5.91 Å². The number of carbonyl (C=O) groups is 1. The predicted molar refractivity (Wildman–Crippen MR) is 55.1 cm³/mol. The lowest BCUT2D eigenvalue weighted by atomic mass is 10.2. The molecule has 0 saturated carbocycles. The van der Waals surface area contributed by atoms with Crippen LogP contribution in [-0.2, 0) is 0 Å². The molecule has 80 valence electrons. The first-order valence-electron chi connectivity index (χ1n) is 5.10. The van der Waals surface area contributed by atoms with Gasteiger partial charge in [-0.2, -0.15) is 0 Å². The lowest BCUT2D eigenvalue weighted by Gasteiger charge is -2.22. The van der Waals surface area contributed by atoms with Gasteiger partial charge in [0, 0.05) is 31.5 Å². The summed E-state index contributed by atoms with van der Waals surface area (Å²) in [5.74, 6) is -0.0592. The largest absolute Gasteiger partial charge is 0.333 e. The van der Waals surface area contributed by atoms with E-state index in [1.54, 1.807) is 11.1 Å². The summed E-state index contributed by atoms with van der Waals surface area (Å²) < 4.78 is 0. The molecule has 0 aromatic carbocycles. The molecule has 1 fully saturated rings. The Bertz CT molecular complexity index is 341. The van der Waals surface area contributed by atoms with Gasteiger partial charge in [0.05, 0.1) is 6.20 Å². The Balaban J connectivity index is 2.14. The van der Waals surface area contributed by atoms with Crippen LogP contribution in [0.5, 0.6) is 0 Å². The lowest BCUT2D eigenvalue weighted by molar-refractivity contribution is 0.0735. The average Bonchev–Trinajstić information content (AvgIpc) is 2.77. The van der Waals surface area contributed by atoms with Gasteiger partial charge in [-0.1, -0.05) is 0 Å². The highest BCUT2D eigenvalue weighted by atomic mass is 16.2. The fourth-order valence-corrected chi connectivity index (χ4v) is 1.90. The second-order valence-corrected chi connectivity index (χ2v) is 3.62. The van der Waals surface area contributed by atoms with Crippen molar-refractivity contribution in [1.29, 1.82) is 0 Å². The molecule has 0 bridgehead atoms. The zero-order valence-electron chi connectivity index (χ0n) is 8.47. The van der Waals surface area contributed by atoms with Crippen LogP contribution in [0, 0.1) is 0 Å². The molecule has 2 N–H and O–H groups in total. The molecule has 1 aliphatic rings. The van der Waals surface area contributed by atoms with E-state index in [4.69, 9.17) is 5.73 Å². The van der Waals surface area contributed by atoms with Crippen LogP contribution in [0.25, 0.3) is 0 Å². The Morgan fingerprint density at radius 1 is 1.60 bits per heavy atom. The molecule has 15 heavy (non-hydrogen) atoms. The van der Waals surface area contributed by atoms with Crippen molar-refractivity contribution in [3.05, 3.63) is 24.3 Å². The smallest absolute Gasteiger partial charge is 0.274 e. The normalized spacial score (nSPS) is 20.6. The Hall–Kier alpha value is -1.49. The fourth-order valence-electron chi connectivity index (χ4n) is 1.90. The molecule has 1 aromatic heterocycles. The van der Waals surface area contributed by atoms with Crippen molar-refractivity contribution in [3.8, 4) is 0 Å². The third-order valence-electron chi connectivity index (χ3n) is 2.69. The van der Waals surface area contributed by atoms with Crippen molar-refractivity contribution < 1.29 is 4.79 Å². The summed E-state index contributed by atoms with van der Waals surface area (Å²) >= 11 is 0. The van der Waals surface area contributed by atoms with Crippen molar-refractivity contribution in [2.45, 2.75) is 18.9 Å². The Morgan fingerprint density at radius 3 is 3.13 bits per heavy atom. The molecule has 1 unspecified atom stereocenters. The van der Waals surface area contributed by atoms with Crippen LogP contribution in [0.1, 0.15) is 23.3 Å². The van der Waals surface area contributed by atoms with E-state index in [0.29, 0.717) is 12.2 Å². The van der Waals surface area contributed by atoms with Crippen LogP contribution >= 0.6 is 0 Å². The van der Waals surface area contributed by atoms with E-state index in [1.807, 2.05) is 0 Å². The van der Waals surface area contributed by atoms with Crippen LogP contribution in [0.2, 0.25) is 0 Å². The van der Waals surface area contributed by atoms with Crippen LogP contribution in [-0.4, -0.2) is 39.9 Å². The van der Waals surface area contributed by atoms with Crippen molar-refractivity contribution in [2.75, 3.05) is 13.1 Å². The number of nitrogens with zero attached hydrogens (tertiary/aromatic N) is 3. The van der Waals surface area contributed by atoms with E-state index in [9.17, 15) is 4.79 Å². The van der Waals surface area contributed by atoms with Gasteiger partial charge in [0.15, 0.2) is 0 Å². The lowest BCUT2D eigenvalue weighted by Crippen LogP contribution is -2.40. The van der Waals surface area contributed by atoms with Crippen LogP contribution in [0.15, 0.2) is 18.6 Å². The first-order valence-corrected chi connectivity index (χ1v) is 5.10. The number of rotatable bonds is 2. The minimum Gasteiger partial charge on any atom is -0.333 e. The monoisotopic (exact) mass is 206 g/mol. The topological polar surface area (TPSA) is 72.1 Å². The molecule has 5 heteroatoms. The summed E-state index contributed by atoms with van der Waals surface area (Å²) in [5.41, 5.74) is 6.01. The number of likely N-dealkylation sites (tertiary alicyclic amines) is 1. The Morgan fingerprint density at radius 2 is 2.47 bits per heavy atom. The summed E-state index contributed by atoms with van der Waals surface area (Å²) in [6, 6.07) is 0.166. The van der Waals surface area contributed by atoms with E-state index in [0.717, 1.165) is 19.4 Å². The van der Waals surface area contributed by atoms with Gasteiger partial charge in [0.1, 0.15) is 5.69 Å². The standard InChI is InChI=1S/C10H14N4O/c11-6-8-2-1-5-14(8)10(15)9-7-12-3-4-13-9/h3-4,7-8H,1-2,5-6,11H2. The van der Waals surface area contributed by atoms with Crippen molar-refractivity contribution in [2.24, 2.45) is 5.73 Å². The summed E-state index contributed by atoms with van der Waals surface area (Å²) in [6.45, 7) is 1.29. The van der Waals surface area contributed by atoms with E-state index >= 15 is 0 Å². The van der Waals surface area contributed by atoms with Gasteiger partial charge in [-0.25, -0.2) is 4.98 Å². The van der Waals surface area contributed by atoms with Crippen molar-refractivity contribution in [1.82, 2.24) is 14.9 Å². The summed E-state index contributed by atoms with van der Waals surface area (Å²) in [5, 5.41) is 0. The van der Waals surface area contributed by atoms with Crippen molar-refractivity contribution in [3.63, 3.8) is 0 Å². The van der Waals surface area contributed by atoms with Gasteiger partial charge in [-0.15, -0.1) is 0 Å². The molecular weight excluding hydrogens is 192 g/mol. The first-order chi connectivity index (χ1) is 7.33. The maximum Gasteiger partial charge on any atom is 0.274 e. The van der Waals surface area contributed by atoms with Crippen LogP contribution < -0.4 is 5.73 Å². The second-order valence-electron chi connectivity index (χ2n) is 3.62. The number of amides is 1. The molecule has 1 aliphatic heterocycles. The van der Waals surface area contributed by atoms with Crippen LogP contribution in [0.4, 0.5) is 0 Å². The number of carbonyl (C=O) groups excluding carboxylic acids is 1. The number of hydrogen-bond donors (Lipinski definition) is 1. The van der Waals surface area contributed by atoms with Gasteiger partial charge < -0.3 is 10.6 Å². The maximum absolute atomic E-state index is 12.0. The zero-order chi connectivity index (χ0) is 10.7. The molecule has 1 saturated heterocycles. The van der Waals surface area contributed by atoms with E-state index in [-0.39, 0.29) is 11.9 Å². The van der Waals surface area contributed by atoms with Gasteiger partial charge in [-0.05, 0) is 12.8 Å². The van der Waals surface area contributed by atoms with Gasteiger partial charge in [0.2, 0.25) is 0 Å². The summed E-state index contributed by atoms with van der Waals surface area (Å²) in [4.78, 5) is 21.7. The highest BCUT2D eigenvalue weighted by Crippen LogP contribution is 2.17. The molecule has 0 radical (unpaired) electrons. The zero-order valence-corrected chi connectivity index (χ0v) is 8.47. The first kappa shape index (κ1) is 10.0. The summed E-state index contributed by atoms with van der Waals surface area (Å²) in [6.07, 6.45) is 6.59. The van der Waals surface area contributed by atoms with E-state index in [1.165, 1.54) is 12.4 Å². The third kappa shape index (κ3) is 1.97. The highest BCUT2D eigenvalue weighted by Gasteiger charge is 2.28. The fraction of sp³-hybridized carbons (Fsp3) is 0.500.